The Morgan fingerprint density at radius 1 is 1.11 bits per heavy atom. The summed E-state index contributed by atoms with van der Waals surface area (Å²) in [5, 5.41) is 3.54. The molecule has 1 N–H and O–H groups in total. The Morgan fingerprint density at radius 2 is 1.74 bits per heavy atom. The van der Waals surface area contributed by atoms with E-state index in [0.29, 0.717) is 18.5 Å². The summed E-state index contributed by atoms with van der Waals surface area (Å²) < 4.78 is 0. The van der Waals surface area contributed by atoms with Gasteiger partial charge in [0.25, 0.3) is 0 Å². The van der Waals surface area contributed by atoms with E-state index in [9.17, 15) is 4.79 Å². The first-order chi connectivity index (χ1) is 8.60. The van der Waals surface area contributed by atoms with Gasteiger partial charge in [-0.05, 0) is 41.5 Å². The molecule has 0 saturated carbocycles. The summed E-state index contributed by atoms with van der Waals surface area (Å²) in [5.41, 5.74) is 0.0814. The summed E-state index contributed by atoms with van der Waals surface area (Å²) in [5.74, 6) is 0.289. The number of fused-ring (bicyclic) bond motifs is 1. The predicted molar refractivity (Wildman–Crippen MR) is 78.1 cm³/mol. The predicted octanol–water partition coefficient (Wildman–Crippen LogP) is 1.46. The minimum absolute atomic E-state index is 0.0803. The molecule has 19 heavy (non-hydrogen) atoms. The van der Waals surface area contributed by atoms with Gasteiger partial charge in [0, 0.05) is 49.2 Å². The molecular formula is C15H29N3O. The van der Waals surface area contributed by atoms with E-state index in [4.69, 9.17) is 0 Å². The zero-order valence-electron chi connectivity index (χ0n) is 13.3. The second kappa shape index (κ2) is 4.74. The van der Waals surface area contributed by atoms with Crippen LogP contribution in [0.25, 0.3) is 0 Å². The lowest BCUT2D eigenvalue weighted by Gasteiger charge is -2.54. The SMILES string of the molecule is CC(C)(C)N1CC2C(CC1=O)NCCN2C(C)(C)C. The zero-order valence-corrected chi connectivity index (χ0v) is 13.3. The first kappa shape index (κ1) is 14.8. The molecule has 0 aromatic heterocycles. The van der Waals surface area contributed by atoms with Gasteiger partial charge in [-0.1, -0.05) is 0 Å². The molecule has 2 heterocycles. The fourth-order valence-electron chi connectivity index (χ4n) is 3.39. The normalized spacial score (nSPS) is 30.4. The van der Waals surface area contributed by atoms with Crippen molar-refractivity contribution >= 4 is 5.91 Å². The molecule has 4 heteroatoms. The molecule has 4 nitrogen and oxygen atoms in total. The molecule has 2 fully saturated rings. The van der Waals surface area contributed by atoms with Crippen LogP contribution in [0.15, 0.2) is 0 Å². The van der Waals surface area contributed by atoms with Crippen molar-refractivity contribution in [3.05, 3.63) is 0 Å². The average molecular weight is 267 g/mol. The zero-order chi connectivity index (χ0) is 14.4. The fraction of sp³-hybridized carbons (Fsp3) is 0.933. The number of likely N-dealkylation sites (tertiary alicyclic amines) is 1. The van der Waals surface area contributed by atoms with Crippen molar-refractivity contribution in [1.82, 2.24) is 15.1 Å². The molecule has 1 amide bonds. The van der Waals surface area contributed by atoms with Gasteiger partial charge in [0.15, 0.2) is 0 Å². The fourth-order valence-corrected chi connectivity index (χ4v) is 3.39. The van der Waals surface area contributed by atoms with Crippen molar-refractivity contribution in [2.75, 3.05) is 19.6 Å². The molecule has 0 aromatic carbocycles. The quantitative estimate of drug-likeness (QED) is 0.722. The third kappa shape index (κ3) is 2.95. The number of amides is 1. The Bertz CT molecular complexity index is 353. The second-order valence-corrected chi connectivity index (χ2v) is 7.87. The second-order valence-electron chi connectivity index (χ2n) is 7.87. The summed E-state index contributed by atoms with van der Waals surface area (Å²) in [6, 6.07) is 0.754. The highest BCUT2D eigenvalue weighted by Gasteiger charge is 2.45. The van der Waals surface area contributed by atoms with Gasteiger partial charge in [-0.25, -0.2) is 0 Å². The third-order valence-corrected chi connectivity index (χ3v) is 4.36. The molecule has 2 saturated heterocycles. The summed E-state index contributed by atoms with van der Waals surface area (Å²) in [6.45, 7) is 16.1. The number of nitrogens with one attached hydrogen (secondary N) is 1. The van der Waals surface area contributed by atoms with Crippen molar-refractivity contribution < 1.29 is 4.79 Å². The number of piperazine rings is 1. The van der Waals surface area contributed by atoms with Crippen LogP contribution in [0.3, 0.4) is 0 Å². The van der Waals surface area contributed by atoms with E-state index in [-0.39, 0.29) is 17.0 Å². The number of hydrogen-bond acceptors (Lipinski definition) is 3. The van der Waals surface area contributed by atoms with Crippen LogP contribution in [-0.4, -0.2) is 58.5 Å². The van der Waals surface area contributed by atoms with Crippen LogP contribution < -0.4 is 5.32 Å². The highest BCUT2D eigenvalue weighted by molar-refractivity contribution is 5.79. The van der Waals surface area contributed by atoms with Crippen LogP contribution in [0, 0.1) is 0 Å². The summed E-state index contributed by atoms with van der Waals surface area (Å²) >= 11 is 0. The molecule has 2 rings (SSSR count). The monoisotopic (exact) mass is 267 g/mol. The van der Waals surface area contributed by atoms with Crippen LogP contribution in [0.5, 0.6) is 0 Å². The maximum absolute atomic E-state index is 12.3. The van der Waals surface area contributed by atoms with Crippen molar-refractivity contribution in [2.45, 2.75) is 71.1 Å². The molecule has 2 atom stereocenters. The van der Waals surface area contributed by atoms with Crippen LogP contribution >= 0.6 is 0 Å². The maximum Gasteiger partial charge on any atom is 0.224 e. The van der Waals surface area contributed by atoms with Crippen molar-refractivity contribution in [3.63, 3.8) is 0 Å². The van der Waals surface area contributed by atoms with E-state index in [0.717, 1.165) is 19.6 Å². The summed E-state index contributed by atoms with van der Waals surface area (Å²) in [7, 11) is 0. The lowest BCUT2D eigenvalue weighted by molar-refractivity contribution is -0.145. The number of rotatable bonds is 0. The third-order valence-electron chi connectivity index (χ3n) is 4.36. The Hall–Kier alpha value is -0.610. The van der Waals surface area contributed by atoms with Crippen LogP contribution in [-0.2, 0) is 4.79 Å². The molecule has 2 aliphatic heterocycles. The van der Waals surface area contributed by atoms with Crippen molar-refractivity contribution in [2.24, 2.45) is 0 Å². The van der Waals surface area contributed by atoms with Crippen LogP contribution in [0.2, 0.25) is 0 Å². The van der Waals surface area contributed by atoms with Crippen LogP contribution in [0.1, 0.15) is 48.0 Å². The van der Waals surface area contributed by atoms with Crippen molar-refractivity contribution in [3.8, 4) is 0 Å². The standard InChI is InChI=1S/C15H29N3O/c1-14(2,3)17-8-7-16-11-9-13(19)18(10-12(11)17)15(4,5)6/h11-12,16H,7-10H2,1-6H3. The van der Waals surface area contributed by atoms with Gasteiger partial charge in [0.05, 0.1) is 0 Å². The van der Waals surface area contributed by atoms with Gasteiger partial charge >= 0.3 is 0 Å². The summed E-state index contributed by atoms with van der Waals surface area (Å²) in [4.78, 5) is 16.9. The topological polar surface area (TPSA) is 35.6 Å². The first-order valence-corrected chi connectivity index (χ1v) is 7.41. The average Bonchev–Trinajstić information content (AvgIpc) is 2.24. The molecule has 0 spiro atoms. The number of carbonyl (C=O) groups excluding carboxylic acids is 1. The lowest BCUT2D eigenvalue weighted by atomic mass is 9.88. The number of piperidine rings is 1. The molecule has 110 valence electrons. The Kier molecular flexibility index (Phi) is 3.69. The van der Waals surface area contributed by atoms with Gasteiger partial charge in [-0.15, -0.1) is 0 Å². The van der Waals surface area contributed by atoms with Gasteiger partial charge in [0.1, 0.15) is 0 Å². The highest BCUT2D eigenvalue weighted by atomic mass is 16.2. The molecule has 0 aliphatic carbocycles. The van der Waals surface area contributed by atoms with Crippen molar-refractivity contribution in [1.29, 1.82) is 0 Å². The highest BCUT2D eigenvalue weighted by Crippen LogP contribution is 2.29. The largest absolute Gasteiger partial charge is 0.336 e. The summed E-state index contributed by atoms with van der Waals surface area (Å²) in [6.07, 6.45) is 0.633. The molecular weight excluding hydrogens is 238 g/mol. The minimum atomic E-state index is -0.0803. The molecule has 2 aliphatic rings. The van der Waals surface area contributed by atoms with Crippen LogP contribution in [0.4, 0.5) is 0 Å². The molecule has 0 bridgehead atoms. The van der Waals surface area contributed by atoms with Gasteiger partial charge < -0.3 is 10.2 Å². The van der Waals surface area contributed by atoms with Gasteiger partial charge in [0.2, 0.25) is 5.91 Å². The molecule has 0 radical (unpaired) electrons. The number of nitrogens with zero attached hydrogens (tertiary/aromatic N) is 2. The number of carbonyl (C=O) groups is 1. The first-order valence-electron chi connectivity index (χ1n) is 7.41. The Morgan fingerprint density at radius 3 is 2.26 bits per heavy atom. The minimum Gasteiger partial charge on any atom is -0.336 e. The maximum atomic E-state index is 12.3. The van der Waals surface area contributed by atoms with E-state index in [1.807, 2.05) is 0 Å². The van der Waals surface area contributed by atoms with E-state index in [1.54, 1.807) is 0 Å². The van der Waals surface area contributed by atoms with Gasteiger partial charge in [-0.3, -0.25) is 9.69 Å². The van der Waals surface area contributed by atoms with E-state index in [1.165, 1.54) is 0 Å². The Balaban J connectivity index is 2.22. The van der Waals surface area contributed by atoms with Gasteiger partial charge in [-0.2, -0.15) is 0 Å². The molecule has 2 unspecified atom stereocenters. The van der Waals surface area contributed by atoms with E-state index < -0.39 is 0 Å². The Labute approximate surface area is 117 Å². The van der Waals surface area contributed by atoms with E-state index in [2.05, 4.69) is 56.7 Å². The smallest absolute Gasteiger partial charge is 0.224 e. The lowest BCUT2D eigenvalue weighted by Crippen LogP contribution is -2.70. The molecule has 0 aromatic rings. The van der Waals surface area contributed by atoms with E-state index >= 15 is 0 Å². The number of hydrogen-bond donors (Lipinski definition) is 1.